The summed E-state index contributed by atoms with van der Waals surface area (Å²) in [5, 5.41) is 3.89. The molecule has 138 valence electrons. The molecule has 0 spiro atoms. The normalized spacial score (nSPS) is 20.0. The Balaban J connectivity index is 1.46. The summed E-state index contributed by atoms with van der Waals surface area (Å²) in [6, 6.07) is 14.2. The number of halogens is 1. The Kier molecular flexibility index (Phi) is 6.30. The molecule has 2 aromatic carbocycles. The number of amides is 1. The third-order valence-corrected chi connectivity index (χ3v) is 5.44. The van der Waals surface area contributed by atoms with Crippen molar-refractivity contribution in [1.29, 1.82) is 0 Å². The fraction of sp³-hybridized carbons (Fsp3) is 0.381. The predicted octanol–water partition coefficient (Wildman–Crippen LogP) is 0.879. The second-order valence-electron chi connectivity index (χ2n) is 7.30. The Morgan fingerprint density at radius 1 is 0.962 bits per heavy atom. The van der Waals surface area contributed by atoms with E-state index in [1.807, 2.05) is 44.2 Å². The molecule has 1 amide bonds. The van der Waals surface area contributed by atoms with E-state index in [2.05, 4.69) is 17.4 Å². The van der Waals surface area contributed by atoms with E-state index >= 15 is 0 Å². The van der Waals surface area contributed by atoms with Crippen molar-refractivity contribution in [1.82, 2.24) is 0 Å². The summed E-state index contributed by atoms with van der Waals surface area (Å²) < 4.78 is 0. The number of nitrogens with one attached hydrogen (secondary N) is 3. The highest BCUT2D eigenvalue weighted by Gasteiger charge is 2.25. The Labute approximate surface area is 160 Å². The molecule has 5 heteroatoms. The molecule has 1 heterocycles. The zero-order chi connectivity index (χ0) is 18.5. The van der Waals surface area contributed by atoms with Gasteiger partial charge in [-0.3, -0.25) is 4.79 Å². The Hall–Kier alpha value is -1.88. The molecule has 0 radical (unpaired) electrons. The number of carbonyl (C=O) groups is 1. The fourth-order valence-corrected chi connectivity index (χ4v) is 3.75. The van der Waals surface area contributed by atoms with Crippen LogP contribution >= 0.6 is 11.6 Å². The maximum Gasteiger partial charge on any atom is 0.279 e. The number of piperazine rings is 1. The summed E-state index contributed by atoms with van der Waals surface area (Å²) in [4.78, 5) is 15.4. The van der Waals surface area contributed by atoms with Gasteiger partial charge < -0.3 is 15.1 Å². The van der Waals surface area contributed by atoms with Crippen molar-refractivity contribution in [2.45, 2.75) is 20.4 Å². The molecular formula is C21H28ClN3O+2. The first-order chi connectivity index (χ1) is 12.5. The van der Waals surface area contributed by atoms with Crippen LogP contribution in [0.3, 0.4) is 0 Å². The standard InChI is InChI=1S/C21H26ClN3O/c1-16-4-3-5-17(2)21(16)23-20(26)15-25-12-10-24(11-13-25)14-18-6-8-19(22)9-7-18/h3-9H,10-15H2,1-2H3,(H,23,26)/p+2. The van der Waals surface area contributed by atoms with E-state index in [1.54, 1.807) is 4.90 Å². The maximum atomic E-state index is 12.4. The summed E-state index contributed by atoms with van der Waals surface area (Å²) in [6.45, 7) is 9.89. The summed E-state index contributed by atoms with van der Waals surface area (Å²) >= 11 is 5.95. The van der Waals surface area contributed by atoms with Crippen LogP contribution in [0.1, 0.15) is 16.7 Å². The predicted molar refractivity (Wildman–Crippen MR) is 106 cm³/mol. The Morgan fingerprint density at radius 2 is 1.54 bits per heavy atom. The zero-order valence-corrected chi connectivity index (χ0v) is 16.3. The van der Waals surface area contributed by atoms with Gasteiger partial charge in [-0.25, -0.2) is 0 Å². The number of quaternary nitrogens is 2. The number of aryl methyl sites for hydroxylation is 2. The number of hydrogen-bond acceptors (Lipinski definition) is 1. The van der Waals surface area contributed by atoms with E-state index in [0.29, 0.717) is 6.54 Å². The molecule has 0 saturated carbocycles. The molecule has 0 atom stereocenters. The van der Waals surface area contributed by atoms with Crippen LogP contribution in [0.4, 0.5) is 5.69 Å². The highest BCUT2D eigenvalue weighted by Crippen LogP contribution is 2.18. The van der Waals surface area contributed by atoms with Crippen molar-refractivity contribution < 1.29 is 14.6 Å². The average molecular weight is 374 g/mol. The van der Waals surface area contributed by atoms with Crippen molar-refractivity contribution in [3.8, 4) is 0 Å². The quantitative estimate of drug-likeness (QED) is 0.715. The highest BCUT2D eigenvalue weighted by molar-refractivity contribution is 6.30. The van der Waals surface area contributed by atoms with Gasteiger partial charge in [0.1, 0.15) is 32.7 Å². The third-order valence-electron chi connectivity index (χ3n) is 5.19. The van der Waals surface area contributed by atoms with Crippen molar-refractivity contribution in [3.05, 3.63) is 64.2 Å². The monoisotopic (exact) mass is 373 g/mol. The first kappa shape index (κ1) is 18.9. The molecule has 3 rings (SSSR count). The van der Waals surface area contributed by atoms with Crippen LogP contribution in [-0.4, -0.2) is 38.6 Å². The third kappa shape index (κ3) is 5.07. The van der Waals surface area contributed by atoms with E-state index in [1.165, 1.54) is 10.5 Å². The molecule has 2 aromatic rings. The van der Waals surface area contributed by atoms with E-state index in [4.69, 9.17) is 11.6 Å². The largest absolute Gasteiger partial charge is 0.322 e. The van der Waals surface area contributed by atoms with Gasteiger partial charge in [0.2, 0.25) is 0 Å². The molecule has 1 aliphatic rings. The van der Waals surface area contributed by atoms with E-state index in [9.17, 15) is 4.79 Å². The molecule has 0 bridgehead atoms. The summed E-state index contributed by atoms with van der Waals surface area (Å²) in [5.74, 6) is 0.110. The van der Waals surface area contributed by atoms with Crippen LogP contribution < -0.4 is 15.1 Å². The second kappa shape index (κ2) is 8.67. The van der Waals surface area contributed by atoms with Crippen molar-refractivity contribution >= 4 is 23.2 Å². The topological polar surface area (TPSA) is 38.0 Å². The minimum atomic E-state index is 0.110. The molecule has 26 heavy (non-hydrogen) atoms. The van der Waals surface area contributed by atoms with Gasteiger partial charge in [-0.1, -0.05) is 41.9 Å². The summed E-state index contributed by atoms with van der Waals surface area (Å²) in [5.41, 5.74) is 4.51. The van der Waals surface area contributed by atoms with Gasteiger partial charge in [0.15, 0.2) is 6.54 Å². The molecular weight excluding hydrogens is 346 g/mol. The first-order valence-electron chi connectivity index (χ1n) is 9.29. The first-order valence-corrected chi connectivity index (χ1v) is 9.66. The van der Waals surface area contributed by atoms with Crippen molar-refractivity contribution in [2.24, 2.45) is 0 Å². The van der Waals surface area contributed by atoms with E-state index in [0.717, 1.165) is 54.6 Å². The lowest BCUT2D eigenvalue weighted by molar-refractivity contribution is -1.02. The van der Waals surface area contributed by atoms with Gasteiger partial charge in [0, 0.05) is 16.3 Å². The SMILES string of the molecule is Cc1cccc(C)c1NC(=O)C[NH+]1CC[NH+](Cc2ccc(Cl)cc2)CC1. The number of anilines is 1. The van der Waals surface area contributed by atoms with Crippen LogP contribution in [0.15, 0.2) is 42.5 Å². The number of benzene rings is 2. The van der Waals surface area contributed by atoms with Crippen LogP contribution in [0.2, 0.25) is 5.02 Å². The zero-order valence-electron chi connectivity index (χ0n) is 15.6. The van der Waals surface area contributed by atoms with Crippen LogP contribution in [0, 0.1) is 13.8 Å². The molecule has 1 saturated heterocycles. The van der Waals surface area contributed by atoms with E-state index < -0.39 is 0 Å². The van der Waals surface area contributed by atoms with Crippen molar-refractivity contribution in [3.63, 3.8) is 0 Å². The van der Waals surface area contributed by atoms with Crippen molar-refractivity contribution in [2.75, 3.05) is 38.0 Å². The number of para-hydroxylation sites is 1. The molecule has 1 fully saturated rings. The van der Waals surface area contributed by atoms with Crippen LogP contribution in [0.25, 0.3) is 0 Å². The fourth-order valence-electron chi connectivity index (χ4n) is 3.62. The summed E-state index contributed by atoms with van der Waals surface area (Å²) in [7, 11) is 0. The Bertz CT molecular complexity index is 732. The second-order valence-corrected chi connectivity index (χ2v) is 7.73. The van der Waals surface area contributed by atoms with Crippen LogP contribution in [-0.2, 0) is 11.3 Å². The minimum Gasteiger partial charge on any atom is -0.322 e. The molecule has 0 aliphatic carbocycles. The summed E-state index contributed by atoms with van der Waals surface area (Å²) in [6.07, 6.45) is 0. The molecule has 0 unspecified atom stereocenters. The number of rotatable bonds is 5. The smallest absolute Gasteiger partial charge is 0.279 e. The van der Waals surface area contributed by atoms with Gasteiger partial charge in [-0.15, -0.1) is 0 Å². The van der Waals surface area contributed by atoms with Gasteiger partial charge in [0.25, 0.3) is 5.91 Å². The van der Waals surface area contributed by atoms with Gasteiger partial charge in [-0.2, -0.15) is 0 Å². The number of carbonyl (C=O) groups excluding carboxylic acids is 1. The minimum absolute atomic E-state index is 0.110. The molecule has 1 aliphatic heterocycles. The molecule has 3 N–H and O–H groups in total. The van der Waals surface area contributed by atoms with E-state index in [-0.39, 0.29) is 5.91 Å². The average Bonchev–Trinajstić information content (AvgIpc) is 2.62. The lowest BCUT2D eigenvalue weighted by atomic mass is 10.1. The number of hydrogen-bond donors (Lipinski definition) is 3. The molecule has 4 nitrogen and oxygen atoms in total. The van der Waals surface area contributed by atoms with Gasteiger partial charge in [-0.05, 0) is 37.1 Å². The lowest BCUT2D eigenvalue weighted by Gasteiger charge is -2.29. The van der Waals surface area contributed by atoms with Gasteiger partial charge in [0.05, 0.1) is 0 Å². The van der Waals surface area contributed by atoms with Crippen LogP contribution in [0.5, 0.6) is 0 Å². The maximum absolute atomic E-state index is 12.4. The van der Waals surface area contributed by atoms with Gasteiger partial charge >= 0.3 is 0 Å². The molecule has 0 aromatic heterocycles. The Morgan fingerprint density at radius 3 is 2.15 bits per heavy atom. The highest BCUT2D eigenvalue weighted by atomic mass is 35.5. The lowest BCUT2D eigenvalue weighted by Crippen LogP contribution is -3.28.